The van der Waals surface area contributed by atoms with E-state index >= 15 is 0 Å². The third-order valence-electron chi connectivity index (χ3n) is 3.98. The number of halogens is 2. The summed E-state index contributed by atoms with van der Waals surface area (Å²) in [5.74, 6) is -1.45. The van der Waals surface area contributed by atoms with Crippen LogP contribution >= 0.6 is 12.2 Å². The van der Waals surface area contributed by atoms with Gasteiger partial charge >= 0.3 is 0 Å². The minimum Gasteiger partial charge on any atom is -0.389 e. The van der Waals surface area contributed by atoms with Crippen LogP contribution in [0.15, 0.2) is 12.1 Å². The Morgan fingerprint density at radius 1 is 1.43 bits per heavy atom. The fraction of sp³-hybridized carbons (Fsp3) is 0.533. The monoisotopic (exact) mass is 313 g/mol. The molecule has 1 fully saturated rings. The number of nitrogens with one attached hydrogen (secondary N) is 1. The first-order valence-corrected chi connectivity index (χ1v) is 7.56. The number of hydrogen-bond acceptors (Lipinski definition) is 3. The van der Waals surface area contributed by atoms with Gasteiger partial charge < -0.3 is 16.0 Å². The first-order chi connectivity index (χ1) is 9.90. The van der Waals surface area contributed by atoms with Gasteiger partial charge in [0, 0.05) is 24.7 Å². The molecular formula is C15H21F2N3S. The molecule has 1 aromatic carbocycles. The van der Waals surface area contributed by atoms with E-state index in [1.165, 1.54) is 12.1 Å². The fourth-order valence-electron chi connectivity index (χ4n) is 2.63. The molecule has 2 rings (SSSR count). The summed E-state index contributed by atoms with van der Waals surface area (Å²) >= 11 is 4.69. The predicted molar refractivity (Wildman–Crippen MR) is 85.6 cm³/mol. The van der Waals surface area contributed by atoms with Crippen LogP contribution in [-0.2, 0) is 0 Å². The van der Waals surface area contributed by atoms with Crippen molar-refractivity contribution >= 4 is 22.9 Å². The molecule has 1 heterocycles. The highest BCUT2D eigenvalue weighted by atomic mass is 32.1. The smallest absolute Gasteiger partial charge is 0.182 e. The molecule has 0 amide bonds. The molecule has 0 aliphatic carbocycles. The number of benzene rings is 1. The van der Waals surface area contributed by atoms with Crippen molar-refractivity contribution in [2.24, 2.45) is 11.7 Å². The SMILES string of the molecule is CC(C)N1CCC(CNc2ccc(C(N)=S)c(F)c2F)C1. The molecule has 0 aromatic heterocycles. The summed E-state index contributed by atoms with van der Waals surface area (Å²) in [6.07, 6.45) is 1.07. The molecule has 1 aromatic rings. The Morgan fingerprint density at radius 2 is 2.14 bits per heavy atom. The molecule has 3 N–H and O–H groups in total. The number of anilines is 1. The Kier molecular flexibility index (Phi) is 5.11. The second-order valence-corrected chi connectivity index (χ2v) is 6.22. The molecule has 1 saturated heterocycles. The molecular weight excluding hydrogens is 292 g/mol. The summed E-state index contributed by atoms with van der Waals surface area (Å²) in [6.45, 7) is 7.01. The van der Waals surface area contributed by atoms with Crippen LogP contribution in [0.3, 0.4) is 0 Å². The first-order valence-electron chi connectivity index (χ1n) is 7.16. The molecule has 3 nitrogen and oxygen atoms in total. The molecule has 21 heavy (non-hydrogen) atoms. The van der Waals surface area contributed by atoms with Gasteiger partial charge in [0.05, 0.1) is 5.69 Å². The number of likely N-dealkylation sites (tertiary alicyclic amines) is 1. The maximum Gasteiger partial charge on any atom is 0.182 e. The van der Waals surface area contributed by atoms with Gasteiger partial charge in [-0.05, 0) is 44.9 Å². The Balaban J connectivity index is 1.98. The number of rotatable bonds is 5. The van der Waals surface area contributed by atoms with Gasteiger partial charge in [-0.25, -0.2) is 8.78 Å². The quantitative estimate of drug-likeness (QED) is 0.820. The molecule has 1 atom stereocenters. The molecule has 6 heteroatoms. The third-order valence-corrected chi connectivity index (χ3v) is 4.20. The van der Waals surface area contributed by atoms with E-state index in [1.807, 2.05) is 0 Å². The Morgan fingerprint density at radius 3 is 2.71 bits per heavy atom. The highest BCUT2D eigenvalue weighted by Crippen LogP contribution is 2.23. The summed E-state index contributed by atoms with van der Waals surface area (Å²) in [7, 11) is 0. The van der Waals surface area contributed by atoms with Crippen molar-refractivity contribution in [3.63, 3.8) is 0 Å². The van der Waals surface area contributed by atoms with E-state index < -0.39 is 11.6 Å². The standard InChI is InChI=1S/C15H21F2N3S/c1-9(2)20-6-5-10(8-20)7-19-12-4-3-11(15(18)21)13(16)14(12)17/h3-4,9-10,19H,5-8H2,1-2H3,(H2,18,21). The lowest BCUT2D eigenvalue weighted by molar-refractivity contribution is 0.266. The molecule has 1 aliphatic heterocycles. The highest BCUT2D eigenvalue weighted by Gasteiger charge is 2.24. The zero-order valence-electron chi connectivity index (χ0n) is 12.3. The summed E-state index contributed by atoms with van der Waals surface area (Å²) in [5.41, 5.74) is 5.46. The Bertz CT molecular complexity index is 534. The molecule has 0 bridgehead atoms. The van der Waals surface area contributed by atoms with Gasteiger partial charge in [0.2, 0.25) is 0 Å². The summed E-state index contributed by atoms with van der Waals surface area (Å²) < 4.78 is 27.7. The third kappa shape index (κ3) is 3.68. The molecule has 0 radical (unpaired) electrons. The number of hydrogen-bond donors (Lipinski definition) is 2. The van der Waals surface area contributed by atoms with Crippen molar-refractivity contribution in [1.29, 1.82) is 0 Å². The lowest BCUT2D eigenvalue weighted by atomic mass is 10.1. The Hall–Kier alpha value is -1.27. The largest absolute Gasteiger partial charge is 0.389 e. The van der Waals surface area contributed by atoms with Crippen molar-refractivity contribution in [2.75, 3.05) is 25.0 Å². The van der Waals surface area contributed by atoms with Crippen LogP contribution in [0.25, 0.3) is 0 Å². The van der Waals surface area contributed by atoms with Gasteiger partial charge in [0.15, 0.2) is 11.6 Å². The van der Waals surface area contributed by atoms with Crippen LogP contribution in [0.1, 0.15) is 25.8 Å². The summed E-state index contributed by atoms with van der Waals surface area (Å²) in [4.78, 5) is 2.25. The van der Waals surface area contributed by atoms with E-state index in [-0.39, 0.29) is 16.2 Å². The molecule has 1 aliphatic rings. The van der Waals surface area contributed by atoms with E-state index in [1.54, 1.807) is 0 Å². The zero-order valence-corrected chi connectivity index (χ0v) is 13.1. The predicted octanol–water partition coefficient (Wildman–Crippen LogP) is 2.74. The van der Waals surface area contributed by atoms with Crippen molar-refractivity contribution in [1.82, 2.24) is 4.90 Å². The van der Waals surface area contributed by atoms with Gasteiger partial charge in [-0.1, -0.05) is 12.2 Å². The van der Waals surface area contributed by atoms with Crippen LogP contribution in [0.2, 0.25) is 0 Å². The van der Waals surface area contributed by atoms with Crippen molar-refractivity contribution < 1.29 is 8.78 Å². The molecule has 0 saturated carbocycles. The van der Waals surface area contributed by atoms with Gasteiger partial charge in [-0.3, -0.25) is 0 Å². The minimum absolute atomic E-state index is 0.0556. The maximum atomic E-state index is 13.9. The summed E-state index contributed by atoms with van der Waals surface area (Å²) in [6, 6.07) is 3.43. The number of thiocarbonyl (C=S) groups is 1. The van der Waals surface area contributed by atoms with Crippen LogP contribution in [0.5, 0.6) is 0 Å². The van der Waals surface area contributed by atoms with E-state index in [0.29, 0.717) is 18.5 Å². The minimum atomic E-state index is -0.984. The van der Waals surface area contributed by atoms with E-state index in [9.17, 15) is 8.78 Å². The first kappa shape index (κ1) is 16.1. The average Bonchev–Trinajstić information content (AvgIpc) is 2.89. The van der Waals surface area contributed by atoms with Gasteiger partial charge in [0.1, 0.15) is 4.99 Å². The lowest BCUT2D eigenvalue weighted by Gasteiger charge is -2.20. The average molecular weight is 313 g/mol. The molecule has 0 spiro atoms. The van der Waals surface area contributed by atoms with Crippen LogP contribution in [0, 0.1) is 17.6 Å². The Labute approximate surface area is 129 Å². The van der Waals surface area contributed by atoms with Crippen molar-refractivity contribution in [3.8, 4) is 0 Å². The van der Waals surface area contributed by atoms with Gasteiger partial charge in [0.25, 0.3) is 0 Å². The molecule has 116 valence electrons. The number of nitrogens with two attached hydrogens (primary N) is 1. The second-order valence-electron chi connectivity index (χ2n) is 5.78. The fourth-order valence-corrected chi connectivity index (χ4v) is 2.79. The van der Waals surface area contributed by atoms with E-state index in [2.05, 4.69) is 36.3 Å². The van der Waals surface area contributed by atoms with E-state index in [0.717, 1.165) is 19.5 Å². The maximum absolute atomic E-state index is 13.9. The topological polar surface area (TPSA) is 41.3 Å². The van der Waals surface area contributed by atoms with Crippen molar-refractivity contribution in [3.05, 3.63) is 29.3 Å². The lowest BCUT2D eigenvalue weighted by Crippen LogP contribution is -2.29. The second kappa shape index (κ2) is 6.66. The van der Waals surface area contributed by atoms with Gasteiger partial charge in [-0.2, -0.15) is 0 Å². The number of nitrogens with zero attached hydrogens (tertiary/aromatic N) is 1. The van der Waals surface area contributed by atoms with Crippen molar-refractivity contribution in [2.45, 2.75) is 26.3 Å². The van der Waals surface area contributed by atoms with Crippen LogP contribution < -0.4 is 11.1 Å². The molecule has 1 unspecified atom stereocenters. The van der Waals surface area contributed by atoms with E-state index in [4.69, 9.17) is 5.73 Å². The van der Waals surface area contributed by atoms with Gasteiger partial charge in [-0.15, -0.1) is 0 Å². The summed E-state index contributed by atoms with van der Waals surface area (Å²) in [5, 5.41) is 3.00. The normalized spacial score (nSPS) is 19.2. The zero-order chi connectivity index (χ0) is 15.6. The highest BCUT2D eigenvalue weighted by molar-refractivity contribution is 7.80. The van der Waals surface area contributed by atoms with Crippen LogP contribution in [0.4, 0.5) is 14.5 Å². The van der Waals surface area contributed by atoms with Crippen LogP contribution in [-0.4, -0.2) is 35.6 Å².